The quantitative estimate of drug-likeness (QED) is 0.681. The van der Waals surface area contributed by atoms with E-state index in [9.17, 15) is 8.42 Å². The Balaban J connectivity index is 3.38. The molecule has 0 radical (unpaired) electrons. The van der Waals surface area contributed by atoms with Gasteiger partial charge in [-0.15, -0.1) is 0 Å². The van der Waals surface area contributed by atoms with E-state index < -0.39 is 9.84 Å². The van der Waals surface area contributed by atoms with E-state index in [4.69, 9.17) is 0 Å². The van der Waals surface area contributed by atoms with Crippen molar-refractivity contribution in [3.63, 3.8) is 0 Å². The second-order valence-corrected chi connectivity index (χ2v) is 4.33. The molecule has 0 saturated heterocycles. The molecule has 0 N–H and O–H groups in total. The zero-order chi connectivity index (χ0) is 9.35. The predicted molar refractivity (Wildman–Crippen MR) is 45.3 cm³/mol. The molecule has 1 heterocycles. The van der Waals surface area contributed by atoms with Gasteiger partial charge in [0.15, 0.2) is 0 Å². The van der Waals surface area contributed by atoms with E-state index in [-0.39, 0.29) is 4.90 Å². The second-order valence-electron chi connectivity index (χ2n) is 2.46. The summed E-state index contributed by atoms with van der Waals surface area (Å²) in [6.45, 7) is 4.88. The van der Waals surface area contributed by atoms with Gasteiger partial charge in [-0.05, 0) is 6.92 Å². The Morgan fingerprint density at radius 3 is 2.58 bits per heavy atom. The van der Waals surface area contributed by atoms with E-state index in [2.05, 4.69) is 11.7 Å². The van der Waals surface area contributed by atoms with E-state index in [1.165, 1.54) is 10.9 Å². The maximum atomic E-state index is 11.3. The number of hydrogen-bond acceptors (Lipinski definition) is 3. The molecule has 66 valence electrons. The molecule has 1 aromatic heterocycles. The molecule has 0 atom stereocenters. The maximum Gasteiger partial charge on any atom is 0.202 e. The Hall–Kier alpha value is -1.10. The van der Waals surface area contributed by atoms with E-state index in [0.29, 0.717) is 5.69 Å². The monoisotopic (exact) mass is 186 g/mol. The Morgan fingerprint density at radius 1 is 1.67 bits per heavy atom. The first kappa shape index (κ1) is 8.99. The Bertz CT molecular complexity index is 403. The van der Waals surface area contributed by atoms with Crippen molar-refractivity contribution in [1.29, 1.82) is 0 Å². The van der Waals surface area contributed by atoms with Crippen molar-refractivity contribution in [3.8, 4) is 0 Å². The summed E-state index contributed by atoms with van der Waals surface area (Å²) >= 11 is 0. The number of aromatic nitrogens is 2. The highest BCUT2D eigenvalue weighted by Gasteiger charge is 2.15. The van der Waals surface area contributed by atoms with E-state index in [1.807, 2.05) is 0 Å². The van der Waals surface area contributed by atoms with Crippen LogP contribution in [0.3, 0.4) is 0 Å². The van der Waals surface area contributed by atoms with E-state index in [0.717, 1.165) is 5.41 Å². The molecule has 0 aliphatic rings. The minimum absolute atomic E-state index is 0.222. The zero-order valence-corrected chi connectivity index (χ0v) is 7.80. The summed E-state index contributed by atoms with van der Waals surface area (Å²) in [5, 5.41) is 4.84. The third-order valence-corrected chi connectivity index (χ3v) is 2.95. The average molecular weight is 186 g/mol. The average Bonchev–Trinajstić information content (AvgIpc) is 2.31. The topological polar surface area (TPSA) is 52.0 Å². The normalized spacial score (nSPS) is 11.5. The van der Waals surface area contributed by atoms with Crippen LogP contribution in [0.4, 0.5) is 0 Å². The zero-order valence-electron chi connectivity index (χ0n) is 6.98. The maximum absolute atomic E-state index is 11.3. The molecule has 0 aliphatic carbocycles. The summed E-state index contributed by atoms with van der Waals surface area (Å²) < 4.78 is 24.0. The molecule has 1 aromatic rings. The predicted octanol–water partition coefficient (Wildman–Crippen LogP) is 0.646. The SMILES string of the molecule is C=CS(=O)(=O)c1cn(C)nc1C. The third kappa shape index (κ3) is 1.40. The fourth-order valence-corrected chi connectivity index (χ4v) is 1.88. The number of sulfone groups is 1. The molecule has 0 aromatic carbocycles. The van der Waals surface area contributed by atoms with Crippen LogP contribution in [-0.4, -0.2) is 18.2 Å². The number of nitrogens with zero attached hydrogens (tertiary/aromatic N) is 2. The van der Waals surface area contributed by atoms with Crippen LogP contribution in [-0.2, 0) is 16.9 Å². The molecule has 0 amide bonds. The molecule has 5 heteroatoms. The first-order valence-electron chi connectivity index (χ1n) is 3.35. The molecule has 0 spiro atoms. The van der Waals surface area contributed by atoms with Gasteiger partial charge in [0.25, 0.3) is 0 Å². The van der Waals surface area contributed by atoms with Gasteiger partial charge in [-0.2, -0.15) is 5.10 Å². The fourth-order valence-electron chi connectivity index (χ4n) is 0.947. The van der Waals surface area contributed by atoms with Gasteiger partial charge in [0, 0.05) is 18.7 Å². The van der Waals surface area contributed by atoms with Crippen LogP contribution in [0.1, 0.15) is 5.69 Å². The molecule has 4 nitrogen and oxygen atoms in total. The molecule has 0 bridgehead atoms. The first-order valence-corrected chi connectivity index (χ1v) is 4.90. The lowest BCUT2D eigenvalue weighted by atomic mass is 10.5. The van der Waals surface area contributed by atoms with Gasteiger partial charge in [-0.25, -0.2) is 8.42 Å². The summed E-state index contributed by atoms with van der Waals surface area (Å²) in [7, 11) is -1.65. The summed E-state index contributed by atoms with van der Waals surface area (Å²) in [5.74, 6) is 0. The second kappa shape index (κ2) is 2.75. The van der Waals surface area contributed by atoms with Crippen LogP contribution in [0, 0.1) is 6.92 Å². The highest BCUT2D eigenvalue weighted by Crippen LogP contribution is 2.14. The molecule has 1 rings (SSSR count). The van der Waals surface area contributed by atoms with Crippen molar-refractivity contribution in [1.82, 2.24) is 9.78 Å². The van der Waals surface area contributed by atoms with Gasteiger partial charge >= 0.3 is 0 Å². The fraction of sp³-hybridized carbons (Fsp3) is 0.286. The Kier molecular flexibility index (Phi) is 2.06. The molecule has 0 saturated carbocycles. The van der Waals surface area contributed by atoms with Gasteiger partial charge in [-0.1, -0.05) is 6.58 Å². The number of hydrogen-bond donors (Lipinski definition) is 0. The number of rotatable bonds is 2. The molecule has 0 aliphatic heterocycles. The van der Waals surface area contributed by atoms with Gasteiger partial charge in [0.05, 0.1) is 5.69 Å². The van der Waals surface area contributed by atoms with E-state index >= 15 is 0 Å². The molecular weight excluding hydrogens is 176 g/mol. The van der Waals surface area contributed by atoms with Crippen molar-refractivity contribution >= 4 is 9.84 Å². The smallest absolute Gasteiger partial charge is 0.202 e. The lowest BCUT2D eigenvalue weighted by Crippen LogP contribution is -1.95. The summed E-state index contributed by atoms with van der Waals surface area (Å²) in [4.78, 5) is 0.222. The van der Waals surface area contributed by atoms with Crippen molar-refractivity contribution in [2.24, 2.45) is 7.05 Å². The summed E-state index contributed by atoms with van der Waals surface area (Å²) in [6.07, 6.45) is 1.46. The minimum Gasteiger partial charge on any atom is -0.274 e. The van der Waals surface area contributed by atoms with Crippen LogP contribution < -0.4 is 0 Å². The van der Waals surface area contributed by atoms with E-state index in [1.54, 1.807) is 14.0 Å². The van der Waals surface area contributed by atoms with Crippen molar-refractivity contribution < 1.29 is 8.42 Å². The van der Waals surface area contributed by atoms with Gasteiger partial charge in [0.2, 0.25) is 9.84 Å². The lowest BCUT2D eigenvalue weighted by Gasteiger charge is -1.92. The van der Waals surface area contributed by atoms with Crippen LogP contribution in [0.15, 0.2) is 23.1 Å². The van der Waals surface area contributed by atoms with Crippen LogP contribution in [0.25, 0.3) is 0 Å². The lowest BCUT2D eigenvalue weighted by molar-refractivity contribution is 0.604. The van der Waals surface area contributed by atoms with Gasteiger partial charge in [-0.3, -0.25) is 4.68 Å². The van der Waals surface area contributed by atoms with Crippen molar-refractivity contribution in [2.75, 3.05) is 0 Å². The highest BCUT2D eigenvalue weighted by atomic mass is 32.2. The first-order chi connectivity index (χ1) is 5.47. The largest absolute Gasteiger partial charge is 0.274 e. The number of aryl methyl sites for hydroxylation is 2. The molecule has 12 heavy (non-hydrogen) atoms. The van der Waals surface area contributed by atoms with Gasteiger partial charge in [0.1, 0.15) is 4.90 Å². The van der Waals surface area contributed by atoms with Crippen LogP contribution in [0.2, 0.25) is 0 Å². The Morgan fingerprint density at radius 2 is 2.25 bits per heavy atom. The molecule has 0 fully saturated rings. The standard InChI is InChI=1S/C7H10N2O2S/c1-4-12(10,11)7-5-9(3)8-6(7)2/h4-5H,1H2,2-3H3. The highest BCUT2D eigenvalue weighted by molar-refractivity contribution is 7.94. The van der Waals surface area contributed by atoms with Crippen LogP contribution >= 0.6 is 0 Å². The summed E-state index contributed by atoms with van der Waals surface area (Å²) in [5.41, 5.74) is 0.498. The van der Waals surface area contributed by atoms with Gasteiger partial charge < -0.3 is 0 Å². The minimum atomic E-state index is -3.33. The van der Waals surface area contributed by atoms with Crippen LogP contribution in [0.5, 0.6) is 0 Å². The third-order valence-electron chi connectivity index (χ3n) is 1.49. The molecular formula is C7H10N2O2S. The van der Waals surface area contributed by atoms with Crippen molar-refractivity contribution in [3.05, 3.63) is 23.9 Å². The Labute approximate surface area is 71.4 Å². The molecule has 0 unspecified atom stereocenters. The van der Waals surface area contributed by atoms with Crippen molar-refractivity contribution in [2.45, 2.75) is 11.8 Å². The summed E-state index contributed by atoms with van der Waals surface area (Å²) in [6, 6.07) is 0.